The summed E-state index contributed by atoms with van der Waals surface area (Å²) in [4.78, 5) is 0. The third-order valence-corrected chi connectivity index (χ3v) is 3.14. The lowest BCUT2D eigenvalue weighted by molar-refractivity contribution is 0.179. The molecule has 0 radical (unpaired) electrons. The molecule has 0 fully saturated rings. The van der Waals surface area contributed by atoms with E-state index in [9.17, 15) is 5.11 Å². The van der Waals surface area contributed by atoms with Crippen LogP contribution in [0.25, 0.3) is 0 Å². The summed E-state index contributed by atoms with van der Waals surface area (Å²) >= 11 is 1.62. The van der Waals surface area contributed by atoms with E-state index in [0.717, 1.165) is 5.56 Å². The van der Waals surface area contributed by atoms with Crippen LogP contribution in [-0.4, -0.2) is 5.11 Å². The Morgan fingerprint density at radius 2 is 2.20 bits per heavy atom. The first-order chi connectivity index (χ1) is 7.25. The molecule has 0 aliphatic heterocycles. The Balaban J connectivity index is 2.09. The molecule has 0 amide bonds. The van der Waals surface area contributed by atoms with Crippen LogP contribution in [0.2, 0.25) is 0 Å². The van der Waals surface area contributed by atoms with E-state index in [2.05, 4.69) is 25.1 Å². The van der Waals surface area contributed by atoms with Gasteiger partial charge in [0.05, 0.1) is 6.10 Å². The molecule has 1 aromatic heterocycles. The molecule has 0 bridgehead atoms. The third kappa shape index (κ3) is 2.67. The highest BCUT2D eigenvalue weighted by atomic mass is 32.1. The average molecular weight is 218 g/mol. The van der Waals surface area contributed by atoms with E-state index >= 15 is 0 Å². The molecular formula is C13H14OS. The van der Waals surface area contributed by atoms with E-state index in [1.807, 2.05) is 22.9 Å². The molecule has 15 heavy (non-hydrogen) atoms. The van der Waals surface area contributed by atoms with Crippen molar-refractivity contribution in [2.75, 3.05) is 0 Å². The summed E-state index contributed by atoms with van der Waals surface area (Å²) in [6, 6.07) is 10.3. The van der Waals surface area contributed by atoms with Gasteiger partial charge in [-0.3, -0.25) is 0 Å². The number of benzene rings is 1. The van der Waals surface area contributed by atoms with Crippen LogP contribution in [0.1, 0.15) is 22.8 Å². The summed E-state index contributed by atoms with van der Waals surface area (Å²) in [5, 5.41) is 14.0. The van der Waals surface area contributed by atoms with Crippen LogP contribution in [-0.2, 0) is 6.42 Å². The number of thiophene rings is 1. The van der Waals surface area contributed by atoms with Gasteiger partial charge in [0.2, 0.25) is 0 Å². The van der Waals surface area contributed by atoms with Crippen LogP contribution in [0.4, 0.5) is 0 Å². The number of aliphatic hydroxyl groups excluding tert-OH is 1. The van der Waals surface area contributed by atoms with Crippen molar-refractivity contribution in [1.82, 2.24) is 0 Å². The van der Waals surface area contributed by atoms with Crippen molar-refractivity contribution in [2.24, 2.45) is 0 Å². The van der Waals surface area contributed by atoms with Crippen LogP contribution in [0, 0.1) is 6.92 Å². The van der Waals surface area contributed by atoms with Gasteiger partial charge in [0.1, 0.15) is 0 Å². The Labute approximate surface area is 94.0 Å². The molecule has 1 unspecified atom stereocenters. The number of rotatable bonds is 3. The van der Waals surface area contributed by atoms with Gasteiger partial charge in [-0.15, -0.1) is 0 Å². The third-order valence-electron chi connectivity index (χ3n) is 2.44. The summed E-state index contributed by atoms with van der Waals surface area (Å²) in [5.74, 6) is 0. The van der Waals surface area contributed by atoms with Gasteiger partial charge in [-0.2, -0.15) is 11.3 Å². The van der Waals surface area contributed by atoms with Crippen molar-refractivity contribution >= 4 is 11.3 Å². The van der Waals surface area contributed by atoms with E-state index in [0.29, 0.717) is 6.42 Å². The monoisotopic (exact) mass is 218 g/mol. The minimum Gasteiger partial charge on any atom is -0.388 e. The van der Waals surface area contributed by atoms with Gasteiger partial charge >= 0.3 is 0 Å². The fourth-order valence-electron chi connectivity index (χ4n) is 1.64. The Kier molecular flexibility index (Phi) is 3.19. The van der Waals surface area contributed by atoms with Crippen molar-refractivity contribution in [3.63, 3.8) is 0 Å². The van der Waals surface area contributed by atoms with E-state index in [1.165, 1.54) is 11.1 Å². The summed E-state index contributed by atoms with van der Waals surface area (Å²) < 4.78 is 0. The number of hydrogen-bond acceptors (Lipinski definition) is 2. The topological polar surface area (TPSA) is 20.2 Å². The first-order valence-corrected chi connectivity index (χ1v) is 5.95. The summed E-state index contributed by atoms with van der Waals surface area (Å²) in [6.45, 7) is 2.07. The molecule has 1 aromatic carbocycles. The van der Waals surface area contributed by atoms with Gasteiger partial charge < -0.3 is 5.11 Å². The quantitative estimate of drug-likeness (QED) is 0.837. The first-order valence-electron chi connectivity index (χ1n) is 5.01. The van der Waals surface area contributed by atoms with Gasteiger partial charge in [0, 0.05) is 6.42 Å². The van der Waals surface area contributed by atoms with Crippen LogP contribution in [0.15, 0.2) is 41.1 Å². The molecular weight excluding hydrogens is 204 g/mol. The fourth-order valence-corrected chi connectivity index (χ4v) is 2.35. The second kappa shape index (κ2) is 4.60. The van der Waals surface area contributed by atoms with E-state index in [4.69, 9.17) is 0 Å². The minimum atomic E-state index is -0.377. The van der Waals surface area contributed by atoms with Gasteiger partial charge in [0.15, 0.2) is 0 Å². The van der Waals surface area contributed by atoms with E-state index in [1.54, 1.807) is 11.3 Å². The largest absolute Gasteiger partial charge is 0.388 e. The molecule has 2 heteroatoms. The van der Waals surface area contributed by atoms with E-state index in [-0.39, 0.29) is 6.10 Å². The molecule has 0 aliphatic carbocycles. The number of hydrogen-bond donors (Lipinski definition) is 1. The SMILES string of the molecule is Cc1cccc(CC(O)c2ccsc2)c1. The number of aryl methyl sites for hydroxylation is 1. The molecule has 1 heterocycles. The summed E-state index contributed by atoms with van der Waals surface area (Å²) in [6.07, 6.45) is 0.316. The molecule has 0 spiro atoms. The van der Waals surface area contributed by atoms with Crippen molar-refractivity contribution in [2.45, 2.75) is 19.4 Å². The van der Waals surface area contributed by atoms with Crippen molar-refractivity contribution in [3.8, 4) is 0 Å². The predicted octanol–water partition coefficient (Wildman–Crippen LogP) is 3.33. The zero-order valence-electron chi connectivity index (χ0n) is 8.68. The average Bonchev–Trinajstić information content (AvgIpc) is 2.70. The zero-order valence-corrected chi connectivity index (χ0v) is 9.50. The molecule has 0 saturated heterocycles. The summed E-state index contributed by atoms with van der Waals surface area (Å²) in [7, 11) is 0. The second-order valence-corrected chi connectivity index (χ2v) is 4.55. The standard InChI is InChI=1S/C13H14OS/c1-10-3-2-4-11(7-10)8-13(14)12-5-6-15-9-12/h2-7,9,13-14H,8H2,1H3. The lowest BCUT2D eigenvalue weighted by atomic mass is 10.0. The lowest BCUT2D eigenvalue weighted by Crippen LogP contribution is -2.00. The maximum absolute atomic E-state index is 9.96. The second-order valence-electron chi connectivity index (χ2n) is 3.77. The van der Waals surface area contributed by atoms with Crippen LogP contribution < -0.4 is 0 Å². The minimum absolute atomic E-state index is 0.377. The molecule has 78 valence electrons. The maximum Gasteiger partial charge on any atom is 0.0838 e. The molecule has 1 atom stereocenters. The van der Waals surface area contributed by atoms with Gasteiger partial charge in [-0.05, 0) is 34.9 Å². The smallest absolute Gasteiger partial charge is 0.0838 e. The Hall–Kier alpha value is -1.12. The number of aliphatic hydroxyl groups is 1. The molecule has 1 N–H and O–H groups in total. The molecule has 0 aliphatic rings. The molecule has 2 aromatic rings. The first kappa shape index (κ1) is 10.4. The highest BCUT2D eigenvalue weighted by Gasteiger charge is 2.08. The zero-order chi connectivity index (χ0) is 10.7. The van der Waals surface area contributed by atoms with Gasteiger partial charge in [0.25, 0.3) is 0 Å². The maximum atomic E-state index is 9.96. The van der Waals surface area contributed by atoms with Crippen molar-refractivity contribution < 1.29 is 5.11 Å². The highest BCUT2D eigenvalue weighted by molar-refractivity contribution is 7.07. The summed E-state index contributed by atoms with van der Waals surface area (Å²) in [5.41, 5.74) is 3.44. The normalized spacial score (nSPS) is 12.7. The van der Waals surface area contributed by atoms with E-state index < -0.39 is 0 Å². The Morgan fingerprint density at radius 3 is 2.87 bits per heavy atom. The molecule has 2 rings (SSSR count). The molecule has 1 nitrogen and oxygen atoms in total. The van der Waals surface area contributed by atoms with Gasteiger partial charge in [-0.25, -0.2) is 0 Å². The lowest BCUT2D eigenvalue weighted by Gasteiger charge is -2.09. The fraction of sp³-hybridized carbons (Fsp3) is 0.231. The van der Waals surface area contributed by atoms with Crippen LogP contribution in [0.3, 0.4) is 0 Å². The van der Waals surface area contributed by atoms with Crippen LogP contribution in [0.5, 0.6) is 0 Å². The van der Waals surface area contributed by atoms with Crippen LogP contribution >= 0.6 is 11.3 Å². The Bertz CT molecular complexity index is 420. The van der Waals surface area contributed by atoms with Crippen molar-refractivity contribution in [1.29, 1.82) is 0 Å². The van der Waals surface area contributed by atoms with Gasteiger partial charge in [-0.1, -0.05) is 29.8 Å². The Morgan fingerprint density at radius 1 is 1.33 bits per heavy atom. The van der Waals surface area contributed by atoms with Crippen molar-refractivity contribution in [3.05, 3.63) is 57.8 Å². The molecule has 0 saturated carbocycles. The predicted molar refractivity (Wildman–Crippen MR) is 64.2 cm³/mol. The highest BCUT2D eigenvalue weighted by Crippen LogP contribution is 2.20.